The lowest BCUT2D eigenvalue weighted by molar-refractivity contribution is -0.128. The average molecular weight is 488 g/mol. The Balaban J connectivity index is 1.38. The number of carbonyl (C=O) groups excluding carboxylic acids is 2. The molecule has 8 nitrogen and oxygen atoms in total. The van der Waals surface area contributed by atoms with Gasteiger partial charge in [0.2, 0.25) is 5.91 Å². The molecular weight excluding hydrogens is 458 g/mol. The molecule has 186 valence electrons. The number of ether oxygens (including phenoxy) is 2. The summed E-state index contributed by atoms with van der Waals surface area (Å²) < 4.78 is 11.8. The Morgan fingerprint density at radius 3 is 2.64 bits per heavy atom. The highest BCUT2D eigenvalue weighted by atomic mass is 16.6. The maximum atomic E-state index is 13.5. The lowest BCUT2D eigenvalue weighted by atomic mass is 9.89. The van der Waals surface area contributed by atoms with Gasteiger partial charge in [-0.15, -0.1) is 0 Å². The van der Waals surface area contributed by atoms with E-state index in [4.69, 9.17) is 9.47 Å². The first-order valence-electron chi connectivity index (χ1n) is 12.0. The van der Waals surface area contributed by atoms with E-state index in [9.17, 15) is 14.7 Å². The summed E-state index contributed by atoms with van der Waals surface area (Å²) in [6.45, 7) is 0.636. The van der Waals surface area contributed by atoms with Gasteiger partial charge < -0.3 is 30.2 Å². The number of para-hydroxylation sites is 1. The number of aliphatic hydroxyl groups is 1. The summed E-state index contributed by atoms with van der Waals surface area (Å²) in [5.41, 5.74) is 4.71. The van der Waals surface area contributed by atoms with Gasteiger partial charge in [0.1, 0.15) is 12.2 Å². The summed E-state index contributed by atoms with van der Waals surface area (Å²) in [5.74, 6) is -0.467. The van der Waals surface area contributed by atoms with E-state index in [0.29, 0.717) is 30.8 Å². The summed E-state index contributed by atoms with van der Waals surface area (Å²) in [7, 11) is 1.59. The van der Waals surface area contributed by atoms with Crippen LogP contribution in [0, 0.1) is 0 Å². The predicted octanol–water partition coefficient (Wildman–Crippen LogP) is 2.35. The van der Waals surface area contributed by atoms with Crippen molar-refractivity contribution in [3.63, 3.8) is 0 Å². The Bertz CT molecular complexity index is 1320. The summed E-state index contributed by atoms with van der Waals surface area (Å²) in [5, 5.41) is 16.7. The number of allylic oxidation sites excluding steroid dienone is 2. The van der Waals surface area contributed by atoms with Crippen molar-refractivity contribution >= 4 is 28.3 Å². The topological polar surface area (TPSA) is 113 Å². The summed E-state index contributed by atoms with van der Waals surface area (Å²) >= 11 is 0. The quantitative estimate of drug-likeness (QED) is 0.409. The van der Waals surface area contributed by atoms with Crippen LogP contribution in [-0.2, 0) is 20.7 Å². The van der Waals surface area contributed by atoms with Gasteiger partial charge in [0.15, 0.2) is 0 Å². The summed E-state index contributed by atoms with van der Waals surface area (Å²) in [4.78, 5) is 28.6. The number of aromatic nitrogens is 1. The van der Waals surface area contributed by atoms with Gasteiger partial charge in [0.25, 0.3) is 5.91 Å². The molecule has 1 saturated heterocycles. The number of rotatable bonds is 7. The molecule has 0 saturated carbocycles. The molecule has 3 atom stereocenters. The molecule has 1 aromatic heterocycles. The fraction of sp³-hybridized carbons (Fsp3) is 0.286. The highest BCUT2D eigenvalue weighted by molar-refractivity contribution is 5.99. The van der Waals surface area contributed by atoms with Crippen molar-refractivity contribution in [2.24, 2.45) is 0 Å². The highest BCUT2D eigenvalue weighted by Gasteiger charge is 2.36. The first-order chi connectivity index (χ1) is 17.6. The van der Waals surface area contributed by atoms with Gasteiger partial charge >= 0.3 is 0 Å². The van der Waals surface area contributed by atoms with E-state index in [1.165, 1.54) is 0 Å². The van der Waals surface area contributed by atoms with Gasteiger partial charge in [-0.2, -0.15) is 0 Å². The number of aromatic amines is 1. The molecule has 2 heterocycles. The Kier molecular flexibility index (Phi) is 6.99. The van der Waals surface area contributed by atoms with Crippen LogP contribution in [0.4, 0.5) is 0 Å². The third kappa shape index (κ3) is 4.83. The molecule has 4 N–H and O–H groups in total. The molecule has 1 aliphatic heterocycles. The number of aliphatic hydroxyl groups excluding tert-OH is 1. The van der Waals surface area contributed by atoms with E-state index in [0.717, 1.165) is 27.6 Å². The van der Waals surface area contributed by atoms with Crippen LogP contribution in [0.25, 0.3) is 16.5 Å². The van der Waals surface area contributed by atoms with Crippen molar-refractivity contribution in [2.75, 3.05) is 26.9 Å². The van der Waals surface area contributed by atoms with E-state index in [1.807, 2.05) is 48.7 Å². The van der Waals surface area contributed by atoms with Crippen LogP contribution in [0.1, 0.15) is 21.5 Å². The SMILES string of the molecule is CNC(=O)c1ccc(C2=CC3OCCOC3C(C(=O)N[C@@H](CO)Cc3c[nH]c4ccccc34)=C2)cc1. The Morgan fingerprint density at radius 2 is 1.86 bits per heavy atom. The molecule has 1 fully saturated rings. The van der Waals surface area contributed by atoms with Crippen molar-refractivity contribution in [3.8, 4) is 0 Å². The standard InChI is InChI=1S/C28H29N3O5/c1-29-27(33)18-8-6-17(7-9-18)19-13-23(26-25(14-19)35-10-11-36-26)28(34)31-21(16-32)12-20-15-30-24-5-3-2-4-22(20)24/h2-9,13-15,21,25-26,30,32H,10-12,16H2,1H3,(H,29,33)(H,31,34)/t21-,25?,26?/m1/s1. The maximum absolute atomic E-state index is 13.5. The summed E-state index contributed by atoms with van der Waals surface area (Å²) in [6.07, 6.45) is 5.22. The van der Waals surface area contributed by atoms with Gasteiger partial charge in [0.05, 0.1) is 25.9 Å². The van der Waals surface area contributed by atoms with Crippen LogP contribution < -0.4 is 10.6 Å². The second-order valence-corrected chi connectivity index (χ2v) is 8.92. The first kappa shape index (κ1) is 24.0. The number of fused-ring (bicyclic) bond motifs is 2. The third-order valence-electron chi connectivity index (χ3n) is 6.62. The average Bonchev–Trinajstić information content (AvgIpc) is 3.34. The van der Waals surface area contributed by atoms with Gasteiger partial charge in [-0.3, -0.25) is 9.59 Å². The van der Waals surface area contributed by atoms with E-state index >= 15 is 0 Å². The molecule has 2 aliphatic rings. The molecule has 1 aliphatic carbocycles. The molecule has 2 unspecified atom stereocenters. The van der Waals surface area contributed by atoms with Crippen molar-refractivity contribution in [1.29, 1.82) is 0 Å². The van der Waals surface area contributed by atoms with E-state index in [-0.39, 0.29) is 18.4 Å². The van der Waals surface area contributed by atoms with Crippen molar-refractivity contribution in [1.82, 2.24) is 15.6 Å². The van der Waals surface area contributed by atoms with E-state index in [1.54, 1.807) is 25.3 Å². The lowest BCUT2D eigenvalue weighted by Gasteiger charge is -2.35. The van der Waals surface area contributed by atoms with Crippen LogP contribution in [0.5, 0.6) is 0 Å². The predicted molar refractivity (Wildman–Crippen MR) is 136 cm³/mol. The minimum Gasteiger partial charge on any atom is -0.394 e. The molecule has 0 radical (unpaired) electrons. The number of hydrogen-bond acceptors (Lipinski definition) is 5. The minimum atomic E-state index is -0.528. The third-order valence-corrected chi connectivity index (χ3v) is 6.62. The van der Waals surface area contributed by atoms with Gasteiger partial charge in [0, 0.05) is 35.3 Å². The Labute approximate surface area is 209 Å². The molecular formula is C28H29N3O5. The minimum absolute atomic E-state index is 0.163. The van der Waals surface area contributed by atoms with Crippen LogP contribution in [0.2, 0.25) is 0 Å². The molecule has 0 spiro atoms. The van der Waals surface area contributed by atoms with Gasteiger partial charge in [-0.05, 0) is 53.5 Å². The van der Waals surface area contributed by atoms with E-state index < -0.39 is 18.2 Å². The maximum Gasteiger partial charge on any atom is 0.251 e. The zero-order chi connectivity index (χ0) is 25.1. The van der Waals surface area contributed by atoms with Crippen molar-refractivity contribution in [3.05, 3.63) is 89.1 Å². The number of hydrogen-bond donors (Lipinski definition) is 4. The van der Waals surface area contributed by atoms with Crippen LogP contribution >= 0.6 is 0 Å². The van der Waals surface area contributed by atoms with Crippen molar-refractivity contribution < 1.29 is 24.2 Å². The van der Waals surface area contributed by atoms with E-state index in [2.05, 4.69) is 15.6 Å². The number of benzene rings is 2. The molecule has 8 heteroatoms. The fourth-order valence-corrected chi connectivity index (χ4v) is 4.75. The number of carbonyl (C=O) groups is 2. The molecule has 36 heavy (non-hydrogen) atoms. The smallest absolute Gasteiger partial charge is 0.251 e. The first-order valence-corrected chi connectivity index (χ1v) is 12.0. The number of H-pyrrole nitrogens is 1. The second kappa shape index (κ2) is 10.5. The van der Waals surface area contributed by atoms with Crippen molar-refractivity contribution in [2.45, 2.75) is 24.7 Å². The molecule has 2 aromatic carbocycles. The van der Waals surface area contributed by atoms with Crippen LogP contribution in [-0.4, -0.2) is 67.0 Å². The zero-order valence-electron chi connectivity index (χ0n) is 20.0. The lowest BCUT2D eigenvalue weighted by Crippen LogP contribution is -2.47. The molecule has 5 rings (SSSR count). The second-order valence-electron chi connectivity index (χ2n) is 8.92. The molecule has 3 aromatic rings. The monoisotopic (exact) mass is 487 g/mol. The highest BCUT2D eigenvalue weighted by Crippen LogP contribution is 2.31. The normalized spacial score (nSPS) is 20.2. The van der Waals surface area contributed by atoms with Gasteiger partial charge in [-0.25, -0.2) is 0 Å². The molecule has 0 bridgehead atoms. The number of nitrogens with one attached hydrogen (secondary N) is 3. The Hall–Kier alpha value is -3.72. The van der Waals surface area contributed by atoms with Crippen LogP contribution in [0.3, 0.4) is 0 Å². The Morgan fingerprint density at radius 1 is 1.08 bits per heavy atom. The van der Waals surface area contributed by atoms with Gasteiger partial charge in [-0.1, -0.05) is 30.3 Å². The summed E-state index contributed by atoms with van der Waals surface area (Å²) in [6, 6.07) is 14.7. The van der Waals surface area contributed by atoms with Crippen LogP contribution in [0.15, 0.2) is 72.5 Å². The fourth-order valence-electron chi connectivity index (χ4n) is 4.75. The zero-order valence-corrected chi connectivity index (χ0v) is 20.0. The molecule has 2 amide bonds. The largest absolute Gasteiger partial charge is 0.394 e. The number of amides is 2.